The van der Waals surface area contributed by atoms with Crippen molar-refractivity contribution in [3.05, 3.63) is 54.0 Å². The van der Waals surface area contributed by atoms with E-state index in [-0.39, 0.29) is 12.1 Å². The average molecular weight is 231 g/mol. The zero-order valence-electron chi connectivity index (χ0n) is 10.1. The van der Waals surface area contributed by atoms with Gasteiger partial charge in [-0.25, -0.2) is 0 Å². The van der Waals surface area contributed by atoms with Crippen molar-refractivity contribution in [1.82, 2.24) is 0 Å². The molecule has 1 unspecified atom stereocenters. The SMILES string of the molecule is CC(C)Oc1cccc(C(N)c2ccoc2)c1. The topological polar surface area (TPSA) is 48.4 Å². The van der Waals surface area contributed by atoms with Crippen LogP contribution >= 0.6 is 0 Å². The summed E-state index contributed by atoms with van der Waals surface area (Å²) >= 11 is 0. The van der Waals surface area contributed by atoms with E-state index in [9.17, 15) is 0 Å². The highest BCUT2D eigenvalue weighted by molar-refractivity contribution is 5.35. The fourth-order valence-electron chi connectivity index (χ4n) is 1.70. The summed E-state index contributed by atoms with van der Waals surface area (Å²) in [7, 11) is 0. The molecule has 0 fully saturated rings. The molecule has 1 atom stereocenters. The first kappa shape index (κ1) is 11.7. The monoisotopic (exact) mass is 231 g/mol. The third-order valence-corrected chi connectivity index (χ3v) is 2.49. The highest BCUT2D eigenvalue weighted by Gasteiger charge is 2.11. The van der Waals surface area contributed by atoms with E-state index in [0.29, 0.717) is 0 Å². The van der Waals surface area contributed by atoms with Gasteiger partial charge in [-0.1, -0.05) is 12.1 Å². The molecule has 2 N–H and O–H groups in total. The lowest BCUT2D eigenvalue weighted by molar-refractivity contribution is 0.242. The molecule has 0 spiro atoms. The van der Waals surface area contributed by atoms with Gasteiger partial charge in [-0.2, -0.15) is 0 Å². The van der Waals surface area contributed by atoms with Crippen LogP contribution in [0.5, 0.6) is 5.75 Å². The van der Waals surface area contributed by atoms with Gasteiger partial charge < -0.3 is 14.9 Å². The average Bonchev–Trinajstić information content (AvgIpc) is 2.81. The Balaban J connectivity index is 2.21. The van der Waals surface area contributed by atoms with Gasteiger partial charge in [0.05, 0.1) is 24.7 Å². The van der Waals surface area contributed by atoms with E-state index in [0.717, 1.165) is 16.9 Å². The Morgan fingerprint density at radius 1 is 1.18 bits per heavy atom. The molecule has 0 aliphatic heterocycles. The van der Waals surface area contributed by atoms with Crippen LogP contribution in [0.4, 0.5) is 0 Å². The van der Waals surface area contributed by atoms with E-state index in [4.69, 9.17) is 14.9 Å². The summed E-state index contributed by atoms with van der Waals surface area (Å²) < 4.78 is 10.7. The van der Waals surface area contributed by atoms with Gasteiger partial charge in [0.1, 0.15) is 5.75 Å². The molecule has 1 aromatic carbocycles. The molecule has 2 rings (SSSR count). The molecule has 1 aromatic heterocycles. The number of furan rings is 1. The molecule has 0 aliphatic rings. The van der Waals surface area contributed by atoms with Crippen LogP contribution in [0.15, 0.2) is 47.3 Å². The van der Waals surface area contributed by atoms with Crippen LogP contribution < -0.4 is 10.5 Å². The lowest BCUT2D eigenvalue weighted by Crippen LogP contribution is -2.11. The molecule has 3 heteroatoms. The van der Waals surface area contributed by atoms with Crippen LogP contribution in [0.1, 0.15) is 31.0 Å². The molecule has 0 bridgehead atoms. The summed E-state index contributed by atoms with van der Waals surface area (Å²) in [5.74, 6) is 0.844. The summed E-state index contributed by atoms with van der Waals surface area (Å²) in [6, 6.07) is 9.55. The summed E-state index contributed by atoms with van der Waals surface area (Å²) in [5.41, 5.74) is 8.13. The Kier molecular flexibility index (Phi) is 3.49. The molecule has 17 heavy (non-hydrogen) atoms. The van der Waals surface area contributed by atoms with Gasteiger partial charge in [0.25, 0.3) is 0 Å². The summed E-state index contributed by atoms with van der Waals surface area (Å²) in [5, 5.41) is 0. The molecule has 3 nitrogen and oxygen atoms in total. The summed E-state index contributed by atoms with van der Waals surface area (Å²) in [4.78, 5) is 0. The van der Waals surface area contributed by atoms with E-state index in [1.165, 1.54) is 0 Å². The van der Waals surface area contributed by atoms with Crippen molar-refractivity contribution in [3.63, 3.8) is 0 Å². The predicted molar refractivity (Wildman–Crippen MR) is 66.9 cm³/mol. The van der Waals surface area contributed by atoms with Crippen molar-refractivity contribution >= 4 is 0 Å². The van der Waals surface area contributed by atoms with Gasteiger partial charge in [0.15, 0.2) is 0 Å². The van der Waals surface area contributed by atoms with Crippen molar-refractivity contribution in [1.29, 1.82) is 0 Å². The third kappa shape index (κ3) is 2.88. The van der Waals surface area contributed by atoms with Gasteiger partial charge in [-0.05, 0) is 37.6 Å². The van der Waals surface area contributed by atoms with E-state index in [1.54, 1.807) is 12.5 Å². The highest BCUT2D eigenvalue weighted by Crippen LogP contribution is 2.23. The second-order valence-corrected chi connectivity index (χ2v) is 4.27. The fraction of sp³-hybridized carbons (Fsp3) is 0.286. The smallest absolute Gasteiger partial charge is 0.120 e. The zero-order valence-corrected chi connectivity index (χ0v) is 10.1. The molecule has 90 valence electrons. The lowest BCUT2D eigenvalue weighted by atomic mass is 10.0. The number of rotatable bonds is 4. The van der Waals surface area contributed by atoms with Gasteiger partial charge in [-0.15, -0.1) is 0 Å². The molecule has 0 amide bonds. The van der Waals surface area contributed by atoms with Crippen LogP contribution in [-0.2, 0) is 0 Å². The van der Waals surface area contributed by atoms with Crippen molar-refractivity contribution in [2.45, 2.75) is 26.0 Å². The number of ether oxygens (including phenoxy) is 1. The largest absolute Gasteiger partial charge is 0.491 e. The minimum atomic E-state index is -0.176. The summed E-state index contributed by atoms with van der Waals surface area (Å²) in [6.45, 7) is 4.01. The molecule has 2 aromatic rings. The number of nitrogens with two attached hydrogens (primary N) is 1. The van der Waals surface area contributed by atoms with Crippen LogP contribution in [0, 0.1) is 0 Å². The van der Waals surface area contributed by atoms with Gasteiger partial charge in [0.2, 0.25) is 0 Å². The fourth-order valence-corrected chi connectivity index (χ4v) is 1.70. The molecule has 0 radical (unpaired) electrons. The van der Waals surface area contributed by atoms with E-state index < -0.39 is 0 Å². The molecular formula is C14H17NO2. The van der Waals surface area contributed by atoms with Crippen LogP contribution in [-0.4, -0.2) is 6.10 Å². The van der Waals surface area contributed by atoms with Crippen molar-refractivity contribution in [2.24, 2.45) is 5.73 Å². The highest BCUT2D eigenvalue weighted by atomic mass is 16.5. The summed E-state index contributed by atoms with van der Waals surface area (Å²) in [6.07, 6.45) is 3.46. The Labute approximate surface area is 101 Å². The van der Waals surface area contributed by atoms with Crippen molar-refractivity contribution in [2.75, 3.05) is 0 Å². The predicted octanol–water partition coefficient (Wildman–Crippen LogP) is 3.11. The maximum Gasteiger partial charge on any atom is 0.120 e. The second kappa shape index (κ2) is 5.06. The van der Waals surface area contributed by atoms with Gasteiger partial charge >= 0.3 is 0 Å². The molecule has 0 saturated heterocycles. The third-order valence-electron chi connectivity index (χ3n) is 2.49. The van der Waals surface area contributed by atoms with Crippen LogP contribution in [0.3, 0.4) is 0 Å². The van der Waals surface area contributed by atoms with Crippen molar-refractivity contribution in [3.8, 4) is 5.75 Å². The number of hydrogen-bond donors (Lipinski definition) is 1. The van der Waals surface area contributed by atoms with Crippen molar-refractivity contribution < 1.29 is 9.15 Å². The first-order chi connectivity index (χ1) is 8.16. The zero-order chi connectivity index (χ0) is 12.3. The first-order valence-electron chi connectivity index (χ1n) is 5.71. The van der Waals surface area contributed by atoms with Crippen LogP contribution in [0.25, 0.3) is 0 Å². The van der Waals surface area contributed by atoms with E-state index in [1.807, 2.05) is 44.2 Å². The molecular weight excluding hydrogens is 214 g/mol. The Bertz CT molecular complexity index is 463. The normalized spacial score (nSPS) is 12.7. The van der Waals surface area contributed by atoms with Gasteiger partial charge in [0, 0.05) is 5.56 Å². The lowest BCUT2D eigenvalue weighted by Gasteiger charge is -2.14. The quantitative estimate of drug-likeness (QED) is 0.879. The molecule has 0 aliphatic carbocycles. The standard InChI is InChI=1S/C14H17NO2/c1-10(2)17-13-5-3-4-11(8-13)14(15)12-6-7-16-9-12/h3-10,14H,15H2,1-2H3. The second-order valence-electron chi connectivity index (χ2n) is 4.27. The number of benzene rings is 1. The Morgan fingerprint density at radius 2 is 2.00 bits per heavy atom. The van der Waals surface area contributed by atoms with Gasteiger partial charge in [-0.3, -0.25) is 0 Å². The Hall–Kier alpha value is -1.74. The van der Waals surface area contributed by atoms with E-state index >= 15 is 0 Å². The Morgan fingerprint density at radius 3 is 2.65 bits per heavy atom. The molecule has 0 saturated carbocycles. The maximum absolute atomic E-state index is 6.14. The van der Waals surface area contributed by atoms with Crippen LogP contribution in [0.2, 0.25) is 0 Å². The molecule has 1 heterocycles. The van der Waals surface area contributed by atoms with E-state index in [2.05, 4.69) is 0 Å². The minimum Gasteiger partial charge on any atom is -0.491 e. The minimum absolute atomic E-state index is 0.162. The number of hydrogen-bond acceptors (Lipinski definition) is 3. The first-order valence-corrected chi connectivity index (χ1v) is 5.71. The maximum atomic E-state index is 6.14.